The molecule has 0 aliphatic rings. The summed E-state index contributed by atoms with van der Waals surface area (Å²) < 4.78 is 49.9. The van der Waals surface area contributed by atoms with E-state index in [9.17, 15) is 18.0 Å². The van der Waals surface area contributed by atoms with Gasteiger partial charge in [0.15, 0.2) is 5.78 Å². The monoisotopic (exact) mass is 445 g/mol. The number of quaternary nitrogens is 1. The van der Waals surface area contributed by atoms with Gasteiger partial charge in [-0.15, -0.1) is 0 Å². The summed E-state index contributed by atoms with van der Waals surface area (Å²) in [5.41, 5.74) is 0.389. The van der Waals surface area contributed by atoms with Gasteiger partial charge < -0.3 is 27.2 Å². The lowest BCUT2D eigenvalue weighted by Gasteiger charge is -2.23. The second-order valence-corrected chi connectivity index (χ2v) is 6.78. The van der Waals surface area contributed by atoms with E-state index in [1.807, 2.05) is 12.2 Å². The zero-order valence-corrected chi connectivity index (χ0v) is 18.0. The molecule has 8 heteroatoms. The van der Waals surface area contributed by atoms with E-state index in [2.05, 4.69) is 0 Å². The summed E-state index contributed by atoms with van der Waals surface area (Å²) >= 11 is 0. The minimum absolute atomic E-state index is 0. The average molecular weight is 446 g/mol. The number of carbonyl (C=O) groups excluding carboxylic acids is 1. The summed E-state index contributed by atoms with van der Waals surface area (Å²) in [6.07, 6.45) is -4.58. The number of carbonyl (C=O) groups is 1. The highest BCUT2D eigenvalue weighted by Gasteiger charge is 2.32. The van der Waals surface area contributed by atoms with Crippen molar-refractivity contribution in [2.75, 3.05) is 20.3 Å². The first-order valence-corrected chi connectivity index (χ1v) is 9.55. The van der Waals surface area contributed by atoms with Gasteiger partial charge in [0.05, 0.1) is 25.6 Å². The fourth-order valence-corrected chi connectivity index (χ4v) is 3.15. The number of hydrogen-bond donors (Lipinski definition) is 1. The Morgan fingerprint density at radius 2 is 1.80 bits per heavy atom. The first-order valence-electron chi connectivity index (χ1n) is 9.55. The largest absolute Gasteiger partial charge is 1.00 e. The normalized spacial score (nSPS) is 13.3. The standard InChI is InChI=1S/C22H26F3NO3.ClH/c1-4-29-21(17-6-5-7-18(14-17)22(23,24)25)15(2)26-13-12-20(27)16-8-10-19(28-3)11-9-16;/h5-11,14-15,21,26H,4,12-13H2,1-3H3;1H. The number of Topliss-reactive ketones (excluding diaryl/α,β-unsaturated/α-hetero) is 1. The molecule has 0 aliphatic heterocycles. The second kappa shape index (κ2) is 11.9. The highest BCUT2D eigenvalue weighted by atomic mass is 35.5. The molecule has 0 radical (unpaired) electrons. The Labute approximate surface area is 181 Å². The van der Waals surface area contributed by atoms with Gasteiger partial charge in [0.1, 0.15) is 17.9 Å². The van der Waals surface area contributed by atoms with E-state index in [1.54, 1.807) is 44.4 Å². The molecule has 0 fully saturated rings. The number of benzene rings is 2. The van der Waals surface area contributed by atoms with Crippen molar-refractivity contribution >= 4 is 5.78 Å². The van der Waals surface area contributed by atoms with E-state index in [0.29, 0.717) is 36.4 Å². The first-order chi connectivity index (χ1) is 13.8. The maximum Gasteiger partial charge on any atom is 0.416 e. The molecular weight excluding hydrogens is 419 g/mol. The van der Waals surface area contributed by atoms with E-state index in [0.717, 1.165) is 12.1 Å². The summed E-state index contributed by atoms with van der Waals surface area (Å²) in [6.45, 7) is 4.58. The number of rotatable bonds is 10. The summed E-state index contributed by atoms with van der Waals surface area (Å²) in [6, 6.07) is 12.0. The zero-order chi connectivity index (χ0) is 21.4. The van der Waals surface area contributed by atoms with Gasteiger partial charge >= 0.3 is 6.18 Å². The summed E-state index contributed by atoms with van der Waals surface area (Å²) in [5.74, 6) is 0.686. The maximum absolute atomic E-state index is 13.0. The van der Waals surface area contributed by atoms with Crippen LogP contribution in [0.25, 0.3) is 0 Å². The number of halogens is 4. The van der Waals surface area contributed by atoms with E-state index in [1.165, 1.54) is 6.07 Å². The van der Waals surface area contributed by atoms with Crippen LogP contribution >= 0.6 is 0 Å². The van der Waals surface area contributed by atoms with Crippen LogP contribution in [-0.4, -0.2) is 32.1 Å². The molecule has 2 atom stereocenters. The number of alkyl halides is 3. The quantitative estimate of drug-likeness (QED) is 0.556. The van der Waals surface area contributed by atoms with Crippen LogP contribution in [-0.2, 0) is 10.9 Å². The van der Waals surface area contributed by atoms with Crippen molar-refractivity contribution in [1.29, 1.82) is 0 Å². The Morgan fingerprint density at radius 1 is 1.13 bits per heavy atom. The van der Waals surface area contributed by atoms with E-state index in [4.69, 9.17) is 9.47 Å². The highest BCUT2D eigenvalue weighted by Crippen LogP contribution is 2.31. The Morgan fingerprint density at radius 3 is 2.37 bits per heavy atom. The minimum atomic E-state index is -4.40. The van der Waals surface area contributed by atoms with Gasteiger partial charge in [0.2, 0.25) is 0 Å². The molecule has 166 valence electrons. The smallest absolute Gasteiger partial charge is 0.416 e. The molecule has 0 amide bonds. The molecule has 0 saturated carbocycles. The van der Waals surface area contributed by atoms with E-state index >= 15 is 0 Å². The van der Waals surface area contributed by atoms with Crippen molar-refractivity contribution in [3.05, 3.63) is 65.2 Å². The highest BCUT2D eigenvalue weighted by molar-refractivity contribution is 5.96. The summed E-state index contributed by atoms with van der Waals surface area (Å²) in [5, 5.41) is 1.93. The zero-order valence-electron chi connectivity index (χ0n) is 17.2. The maximum atomic E-state index is 13.0. The molecule has 2 unspecified atom stereocenters. The van der Waals surface area contributed by atoms with Crippen LogP contribution in [0.2, 0.25) is 0 Å². The SMILES string of the molecule is CCOC(c1cccc(C(F)(F)F)c1)C(C)[NH2+]CCC(=O)c1ccc(OC)cc1.[Cl-]. The molecule has 4 nitrogen and oxygen atoms in total. The fourth-order valence-electron chi connectivity index (χ4n) is 3.15. The number of ketones is 1. The van der Waals surface area contributed by atoms with Crippen LogP contribution in [0.4, 0.5) is 13.2 Å². The van der Waals surface area contributed by atoms with Crippen LogP contribution in [0.15, 0.2) is 48.5 Å². The Hall–Kier alpha value is -2.09. The molecule has 0 aromatic heterocycles. The van der Waals surface area contributed by atoms with Gasteiger partial charge in [-0.2, -0.15) is 13.2 Å². The van der Waals surface area contributed by atoms with Crippen molar-refractivity contribution in [2.24, 2.45) is 0 Å². The Kier molecular flexibility index (Phi) is 10.3. The van der Waals surface area contributed by atoms with Gasteiger partial charge in [-0.3, -0.25) is 4.79 Å². The third-order valence-electron chi connectivity index (χ3n) is 4.69. The number of methoxy groups -OCH3 is 1. The number of nitrogens with two attached hydrogens (primary N) is 1. The van der Waals surface area contributed by atoms with Crippen molar-refractivity contribution in [3.63, 3.8) is 0 Å². The first kappa shape index (κ1) is 25.9. The molecule has 0 aliphatic carbocycles. The van der Waals surface area contributed by atoms with Gasteiger partial charge in [-0.1, -0.05) is 12.1 Å². The van der Waals surface area contributed by atoms with Crippen LogP contribution in [0.5, 0.6) is 5.75 Å². The second-order valence-electron chi connectivity index (χ2n) is 6.78. The van der Waals surface area contributed by atoms with Crippen molar-refractivity contribution in [2.45, 2.75) is 38.6 Å². The van der Waals surface area contributed by atoms with Crippen LogP contribution in [0.3, 0.4) is 0 Å². The summed E-state index contributed by atoms with van der Waals surface area (Å²) in [7, 11) is 1.56. The lowest BCUT2D eigenvalue weighted by molar-refractivity contribution is -0.693. The molecule has 2 aromatic rings. The van der Waals surface area contributed by atoms with Crippen LogP contribution in [0.1, 0.15) is 47.9 Å². The molecule has 2 N–H and O–H groups in total. The van der Waals surface area contributed by atoms with Gasteiger partial charge in [0.25, 0.3) is 0 Å². The predicted octanol–water partition coefficient (Wildman–Crippen LogP) is 1.02. The summed E-state index contributed by atoms with van der Waals surface area (Å²) in [4.78, 5) is 12.3. The van der Waals surface area contributed by atoms with E-state index in [-0.39, 0.29) is 24.2 Å². The van der Waals surface area contributed by atoms with Crippen LogP contribution in [0, 0.1) is 0 Å². The number of hydrogen-bond acceptors (Lipinski definition) is 3. The van der Waals surface area contributed by atoms with Gasteiger partial charge in [-0.25, -0.2) is 0 Å². The third-order valence-corrected chi connectivity index (χ3v) is 4.69. The fraction of sp³-hybridized carbons (Fsp3) is 0.409. The molecular formula is C22H27ClF3NO3. The number of ether oxygens (including phenoxy) is 2. The molecule has 0 saturated heterocycles. The predicted molar refractivity (Wildman–Crippen MR) is 104 cm³/mol. The van der Waals surface area contributed by atoms with Gasteiger partial charge in [0, 0.05) is 12.2 Å². The lowest BCUT2D eigenvalue weighted by Crippen LogP contribution is -3.00. The lowest BCUT2D eigenvalue weighted by atomic mass is 10.00. The molecule has 2 aromatic carbocycles. The van der Waals surface area contributed by atoms with E-state index < -0.39 is 17.8 Å². The average Bonchev–Trinajstić information content (AvgIpc) is 2.71. The molecule has 30 heavy (non-hydrogen) atoms. The van der Waals surface area contributed by atoms with Crippen molar-refractivity contribution < 1.29 is 45.2 Å². The van der Waals surface area contributed by atoms with Crippen LogP contribution < -0.4 is 22.5 Å². The van der Waals surface area contributed by atoms with Crippen molar-refractivity contribution in [3.8, 4) is 5.75 Å². The van der Waals surface area contributed by atoms with Gasteiger partial charge in [-0.05, 0) is 55.8 Å². The molecule has 0 bridgehead atoms. The third kappa shape index (κ3) is 7.31. The molecule has 2 rings (SSSR count). The topological polar surface area (TPSA) is 52.1 Å². The molecule has 0 spiro atoms. The van der Waals surface area contributed by atoms with Crippen molar-refractivity contribution in [1.82, 2.24) is 0 Å². The molecule has 0 heterocycles. The minimum Gasteiger partial charge on any atom is -1.00 e. The Bertz CT molecular complexity index is 797. The Balaban J connectivity index is 0.00000450.